The second kappa shape index (κ2) is 5.61. The maximum absolute atomic E-state index is 13.8. The van der Waals surface area contributed by atoms with Crippen LogP contribution in [-0.2, 0) is 0 Å². The molecule has 0 aliphatic heterocycles. The second-order valence-electron chi connectivity index (χ2n) is 3.87. The molecule has 0 aromatic heterocycles. The third-order valence-corrected chi connectivity index (χ3v) is 2.97. The van der Waals surface area contributed by atoms with Gasteiger partial charge in [-0.2, -0.15) is 0 Å². The van der Waals surface area contributed by atoms with Crippen LogP contribution < -0.4 is 5.73 Å². The van der Waals surface area contributed by atoms with E-state index >= 15 is 0 Å². The largest absolute Gasteiger partial charge is 0.324 e. The zero-order valence-corrected chi connectivity index (χ0v) is 10.8. The van der Waals surface area contributed by atoms with Crippen molar-refractivity contribution < 1.29 is 4.39 Å². The lowest BCUT2D eigenvalue weighted by Crippen LogP contribution is -2.12. The molecule has 3 heteroatoms. The van der Waals surface area contributed by atoms with Crippen LogP contribution in [-0.4, -0.2) is 0 Å². The van der Waals surface area contributed by atoms with Crippen molar-refractivity contribution >= 4 is 15.9 Å². The highest BCUT2D eigenvalue weighted by atomic mass is 79.9. The van der Waals surface area contributed by atoms with E-state index in [1.807, 2.05) is 0 Å². The van der Waals surface area contributed by atoms with Gasteiger partial charge < -0.3 is 5.73 Å². The van der Waals surface area contributed by atoms with Gasteiger partial charge in [0.25, 0.3) is 0 Å². The number of unbranched alkanes of at least 4 members (excludes halogenated alkanes) is 1. The molecule has 1 atom stereocenters. The first kappa shape index (κ1) is 12.7. The van der Waals surface area contributed by atoms with E-state index in [0.717, 1.165) is 23.7 Å². The lowest BCUT2D eigenvalue weighted by atomic mass is 9.99. The summed E-state index contributed by atoms with van der Waals surface area (Å²) in [5.74, 6) is -0.165. The highest BCUT2D eigenvalue weighted by Gasteiger charge is 2.13. The van der Waals surface area contributed by atoms with Crippen LogP contribution in [0.1, 0.15) is 43.4 Å². The molecule has 0 saturated carbocycles. The summed E-state index contributed by atoms with van der Waals surface area (Å²) < 4.78 is 14.7. The van der Waals surface area contributed by atoms with Gasteiger partial charge in [0.2, 0.25) is 0 Å². The van der Waals surface area contributed by atoms with E-state index in [4.69, 9.17) is 5.73 Å². The molecule has 0 fully saturated rings. The average Bonchev–Trinajstić information content (AvgIpc) is 2.19. The lowest BCUT2D eigenvalue weighted by Gasteiger charge is -2.14. The Morgan fingerprint density at radius 2 is 2.13 bits per heavy atom. The molecule has 0 aliphatic carbocycles. The maximum Gasteiger partial charge on any atom is 0.130 e. The van der Waals surface area contributed by atoms with Gasteiger partial charge in [-0.3, -0.25) is 0 Å². The minimum Gasteiger partial charge on any atom is -0.324 e. The molecule has 0 unspecified atom stereocenters. The first-order valence-electron chi connectivity index (χ1n) is 5.27. The molecule has 0 saturated heterocycles. The normalized spacial score (nSPS) is 12.9. The molecular weight excluding hydrogens is 257 g/mol. The minimum atomic E-state index is -0.193. The van der Waals surface area contributed by atoms with E-state index in [1.54, 1.807) is 19.1 Å². The summed E-state index contributed by atoms with van der Waals surface area (Å²) in [5.41, 5.74) is 7.22. The number of rotatable bonds is 4. The predicted octanol–water partition coefficient (Wildman–Crippen LogP) is 4.09. The number of hydrogen-bond donors (Lipinski definition) is 1. The Morgan fingerprint density at radius 1 is 1.47 bits per heavy atom. The van der Waals surface area contributed by atoms with Crippen molar-refractivity contribution in [2.45, 2.75) is 39.2 Å². The Balaban J connectivity index is 2.92. The summed E-state index contributed by atoms with van der Waals surface area (Å²) in [5, 5.41) is 0. The summed E-state index contributed by atoms with van der Waals surface area (Å²) in [6.07, 6.45) is 2.96. The molecule has 1 nitrogen and oxygen atoms in total. The van der Waals surface area contributed by atoms with Crippen LogP contribution in [0.3, 0.4) is 0 Å². The number of hydrogen-bond acceptors (Lipinski definition) is 1. The van der Waals surface area contributed by atoms with Crippen LogP contribution in [0.15, 0.2) is 16.6 Å². The molecule has 0 spiro atoms. The van der Waals surface area contributed by atoms with Crippen molar-refractivity contribution in [3.63, 3.8) is 0 Å². The van der Waals surface area contributed by atoms with Crippen molar-refractivity contribution in [3.8, 4) is 0 Å². The zero-order chi connectivity index (χ0) is 11.4. The van der Waals surface area contributed by atoms with Crippen molar-refractivity contribution in [3.05, 3.63) is 33.5 Å². The van der Waals surface area contributed by atoms with Gasteiger partial charge in [0.05, 0.1) is 0 Å². The van der Waals surface area contributed by atoms with Gasteiger partial charge in [-0.1, -0.05) is 35.7 Å². The lowest BCUT2D eigenvalue weighted by molar-refractivity contribution is 0.542. The van der Waals surface area contributed by atoms with Crippen molar-refractivity contribution in [2.24, 2.45) is 5.73 Å². The van der Waals surface area contributed by atoms with Gasteiger partial charge in [-0.05, 0) is 31.0 Å². The first-order valence-corrected chi connectivity index (χ1v) is 6.06. The topological polar surface area (TPSA) is 26.0 Å². The molecule has 2 N–H and O–H groups in total. The molecular formula is C12H17BrFN. The SMILES string of the molecule is CCCC[C@H](N)c1cc(Br)cc(C)c1F. The number of benzene rings is 1. The predicted molar refractivity (Wildman–Crippen MR) is 65.3 cm³/mol. The molecule has 1 aromatic rings. The highest BCUT2D eigenvalue weighted by Crippen LogP contribution is 2.26. The fraction of sp³-hybridized carbons (Fsp3) is 0.500. The summed E-state index contributed by atoms with van der Waals surface area (Å²) in [4.78, 5) is 0. The Bertz CT molecular complexity index is 339. The summed E-state index contributed by atoms with van der Waals surface area (Å²) in [6, 6.07) is 3.36. The number of aryl methyl sites for hydroxylation is 1. The van der Waals surface area contributed by atoms with Crippen LogP contribution in [0, 0.1) is 12.7 Å². The Labute approximate surface area is 99.0 Å². The van der Waals surface area contributed by atoms with E-state index < -0.39 is 0 Å². The van der Waals surface area contributed by atoms with Crippen molar-refractivity contribution in [1.82, 2.24) is 0 Å². The van der Waals surface area contributed by atoms with Crippen LogP contribution in [0.25, 0.3) is 0 Å². The van der Waals surface area contributed by atoms with Crippen LogP contribution in [0.2, 0.25) is 0 Å². The Morgan fingerprint density at radius 3 is 2.73 bits per heavy atom. The zero-order valence-electron chi connectivity index (χ0n) is 9.19. The van der Waals surface area contributed by atoms with Gasteiger partial charge in [-0.25, -0.2) is 4.39 Å². The average molecular weight is 274 g/mol. The maximum atomic E-state index is 13.8. The van der Waals surface area contributed by atoms with Gasteiger partial charge >= 0.3 is 0 Å². The monoisotopic (exact) mass is 273 g/mol. The van der Waals surface area contributed by atoms with Gasteiger partial charge in [0.15, 0.2) is 0 Å². The molecule has 84 valence electrons. The minimum absolute atomic E-state index is 0.165. The fourth-order valence-corrected chi connectivity index (χ4v) is 2.19. The Kier molecular flexibility index (Phi) is 4.74. The van der Waals surface area contributed by atoms with Gasteiger partial charge in [-0.15, -0.1) is 0 Å². The molecule has 0 amide bonds. The van der Waals surface area contributed by atoms with E-state index in [-0.39, 0.29) is 11.9 Å². The molecule has 0 aliphatic rings. The smallest absolute Gasteiger partial charge is 0.130 e. The third-order valence-electron chi connectivity index (χ3n) is 2.52. The molecule has 0 radical (unpaired) electrons. The van der Waals surface area contributed by atoms with Gasteiger partial charge in [0, 0.05) is 16.1 Å². The molecule has 0 heterocycles. The molecule has 1 aromatic carbocycles. The third kappa shape index (κ3) is 3.28. The standard InChI is InChI=1S/C12H17BrFN/c1-3-4-5-11(15)10-7-9(13)6-8(2)12(10)14/h6-7,11H,3-5,15H2,1-2H3/t11-/m0/s1. The summed E-state index contributed by atoms with van der Waals surface area (Å²) in [6.45, 7) is 3.87. The van der Waals surface area contributed by atoms with Gasteiger partial charge in [0.1, 0.15) is 5.82 Å². The quantitative estimate of drug-likeness (QED) is 0.879. The van der Waals surface area contributed by atoms with Crippen LogP contribution in [0.5, 0.6) is 0 Å². The number of nitrogens with two attached hydrogens (primary N) is 1. The van der Waals surface area contributed by atoms with Crippen LogP contribution >= 0.6 is 15.9 Å². The Hall–Kier alpha value is -0.410. The fourth-order valence-electron chi connectivity index (χ4n) is 1.60. The molecule has 0 bridgehead atoms. The van der Waals surface area contributed by atoms with E-state index in [9.17, 15) is 4.39 Å². The first-order chi connectivity index (χ1) is 7.06. The van der Waals surface area contributed by atoms with E-state index in [2.05, 4.69) is 22.9 Å². The molecule has 15 heavy (non-hydrogen) atoms. The molecule has 1 rings (SSSR count). The number of halogens is 2. The van der Waals surface area contributed by atoms with Crippen LogP contribution in [0.4, 0.5) is 4.39 Å². The van der Waals surface area contributed by atoms with E-state index in [0.29, 0.717) is 11.1 Å². The summed E-state index contributed by atoms with van der Waals surface area (Å²) in [7, 11) is 0. The second-order valence-corrected chi connectivity index (χ2v) is 4.79. The van der Waals surface area contributed by atoms with Crippen molar-refractivity contribution in [1.29, 1.82) is 0 Å². The highest BCUT2D eigenvalue weighted by molar-refractivity contribution is 9.10. The van der Waals surface area contributed by atoms with Crippen molar-refractivity contribution in [2.75, 3.05) is 0 Å². The van der Waals surface area contributed by atoms with E-state index in [1.165, 1.54) is 0 Å². The summed E-state index contributed by atoms with van der Waals surface area (Å²) >= 11 is 3.36.